The number of nitrogen functional groups attached to an aromatic ring is 1. The molecule has 0 saturated heterocycles. The summed E-state index contributed by atoms with van der Waals surface area (Å²) in [5.41, 5.74) is 9.23. The van der Waals surface area contributed by atoms with E-state index in [-0.39, 0.29) is 0 Å². The van der Waals surface area contributed by atoms with E-state index in [0.29, 0.717) is 5.82 Å². The Labute approximate surface area is 107 Å². The minimum absolute atomic E-state index is 0.580. The summed E-state index contributed by atoms with van der Waals surface area (Å²) in [4.78, 5) is 4.16. The summed E-state index contributed by atoms with van der Waals surface area (Å²) in [5.74, 6) is 1.36. The lowest BCUT2D eigenvalue weighted by molar-refractivity contribution is 0.539. The predicted molar refractivity (Wildman–Crippen MR) is 71.9 cm³/mol. The number of hydrogen-bond donors (Lipinski definition) is 2. The van der Waals surface area contributed by atoms with Crippen LogP contribution in [0.2, 0.25) is 0 Å². The van der Waals surface area contributed by atoms with Gasteiger partial charge in [-0.1, -0.05) is 31.7 Å². The van der Waals surface area contributed by atoms with Crippen molar-refractivity contribution in [3.05, 3.63) is 30.2 Å². The molecule has 0 atom stereocenters. The average molecular weight is 242 g/mol. The van der Waals surface area contributed by atoms with Crippen LogP contribution in [0.1, 0.15) is 31.4 Å². The molecule has 4 heteroatoms. The van der Waals surface area contributed by atoms with Gasteiger partial charge in [0.15, 0.2) is 5.82 Å². The maximum atomic E-state index is 5.98. The van der Waals surface area contributed by atoms with E-state index in [1.165, 1.54) is 25.7 Å². The third-order valence-corrected chi connectivity index (χ3v) is 3.79. The van der Waals surface area contributed by atoms with Crippen molar-refractivity contribution in [2.45, 2.75) is 32.1 Å². The van der Waals surface area contributed by atoms with Crippen LogP contribution >= 0.6 is 0 Å². The molecule has 0 radical (unpaired) electrons. The van der Waals surface area contributed by atoms with Crippen LogP contribution in [0.25, 0.3) is 11.1 Å². The Bertz CT molecular complexity index is 512. The van der Waals surface area contributed by atoms with E-state index in [1.807, 2.05) is 18.3 Å². The van der Waals surface area contributed by atoms with E-state index in [0.717, 1.165) is 29.2 Å². The highest BCUT2D eigenvalue weighted by Gasteiger charge is 2.20. The first-order valence-corrected chi connectivity index (χ1v) is 6.57. The zero-order valence-electron chi connectivity index (χ0n) is 10.4. The van der Waals surface area contributed by atoms with Gasteiger partial charge in [0.1, 0.15) is 0 Å². The van der Waals surface area contributed by atoms with Gasteiger partial charge in [0, 0.05) is 29.2 Å². The molecule has 1 fully saturated rings. The third-order valence-electron chi connectivity index (χ3n) is 3.79. The fraction of sp³-hybridized carbons (Fsp3) is 0.429. The molecule has 1 saturated carbocycles. The molecule has 0 spiro atoms. The number of pyridine rings is 1. The van der Waals surface area contributed by atoms with Crippen molar-refractivity contribution < 1.29 is 0 Å². The van der Waals surface area contributed by atoms with Crippen LogP contribution in [0, 0.1) is 5.92 Å². The van der Waals surface area contributed by atoms with Crippen LogP contribution in [0.15, 0.2) is 24.5 Å². The van der Waals surface area contributed by atoms with E-state index >= 15 is 0 Å². The standard InChI is InChI=1S/C14H18N4/c15-14-13(11-6-3-7-16-9-11)12(17-18-14)8-10-4-1-2-5-10/h3,6-7,9-10H,1-2,4-5,8H2,(H3,15,17,18). The Hall–Kier alpha value is -1.84. The molecule has 0 aliphatic heterocycles. The highest BCUT2D eigenvalue weighted by Crippen LogP contribution is 2.33. The predicted octanol–water partition coefficient (Wildman–Crippen LogP) is 2.79. The molecule has 0 bridgehead atoms. The fourth-order valence-corrected chi connectivity index (χ4v) is 2.88. The zero-order valence-corrected chi connectivity index (χ0v) is 10.4. The normalized spacial score (nSPS) is 16.2. The number of aromatic nitrogens is 3. The summed E-state index contributed by atoms with van der Waals surface area (Å²) in [6, 6.07) is 3.97. The third kappa shape index (κ3) is 2.10. The van der Waals surface area contributed by atoms with E-state index < -0.39 is 0 Å². The van der Waals surface area contributed by atoms with Crippen molar-refractivity contribution in [1.29, 1.82) is 0 Å². The van der Waals surface area contributed by atoms with Gasteiger partial charge in [0.05, 0.1) is 0 Å². The number of rotatable bonds is 3. The summed E-state index contributed by atoms with van der Waals surface area (Å²) in [6.07, 6.45) is 10.0. The Morgan fingerprint density at radius 2 is 2.17 bits per heavy atom. The second kappa shape index (κ2) is 4.80. The maximum Gasteiger partial charge on any atom is 0.153 e. The number of aromatic amines is 1. The quantitative estimate of drug-likeness (QED) is 0.869. The van der Waals surface area contributed by atoms with Crippen molar-refractivity contribution in [3.8, 4) is 11.1 Å². The Morgan fingerprint density at radius 3 is 2.89 bits per heavy atom. The maximum absolute atomic E-state index is 5.98. The van der Waals surface area contributed by atoms with E-state index in [1.54, 1.807) is 6.20 Å². The SMILES string of the molecule is Nc1n[nH]c(CC2CCCC2)c1-c1cccnc1. The average Bonchev–Trinajstić information content (AvgIpc) is 3.02. The molecular formula is C14H18N4. The van der Waals surface area contributed by atoms with Gasteiger partial charge in [-0.05, 0) is 18.4 Å². The first kappa shape index (κ1) is 11.3. The largest absolute Gasteiger partial charge is 0.382 e. The molecule has 1 aliphatic rings. The summed E-state index contributed by atoms with van der Waals surface area (Å²) >= 11 is 0. The number of H-pyrrole nitrogens is 1. The van der Waals surface area contributed by atoms with Crippen molar-refractivity contribution in [2.24, 2.45) is 5.92 Å². The molecule has 0 aromatic carbocycles. The summed E-state index contributed by atoms with van der Waals surface area (Å²) in [6.45, 7) is 0. The number of nitrogens with one attached hydrogen (secondary N) is 1. The topological polar surface area (TPSA) is 67.6 Å². The molecule has 2 aromatic rings. The zero-order chi connectivity index (χ0) is 12.4. The molecule has 18 heavy (non-hydrogen) atoms. The Morgan fingerprint density at radius 1 is 1.33 bits per heavy atom. The monoisotopic (exact) mass is 242 g/mol. The summed E-state index contributed by atoms with van der Waals surface area (Å²) in [7, 11) is 0. The molecule has 2 aromatic heterocycles. The van der Waals surface area contributed by atoms with E-state index in [4.69, 9.17) is 5.73 Å². The van der Waals surface area contributed by atoms with Crippen LogP contribution in [-0.4, -0.2) is 15.2 Å². The van der Waals surface area contributed by atoms with Crippen LogP contribution in [0.3, 0.4) is 0 Å². The van der Waals surface area contributed by atoms with Gasteiger partial charge >= 0.3 is 0 Å². The molecule has 1 aliphatic carbocycles. The van der Waals surface area contributed by atoms with Crippen LogP contribution in [0.5, 0.6) is 0 Å². The van der Waals surface area contributed by atoms with Gasteiger partial charge in [-0.15, -0.1) is 0 Å². The van der Waals surface area contributed by atoms with Crippen molar-refractivity contribution in [2.75, 3.05) is 5.73 Å². The van der Waals surface area contributed by atoms with Gasteiger partial charge in [0.25, 0.3) is 0 Å². The lowest BCUT2D eigenvalue weighted by Gasteiger charge is -2.09. The van der Waals surface area contributed by atoms with Crippen LogP contribution < -0.4 is 5.73 Å². The number of nitrogens with zero attached hydrogens (tertiary/aromatic N) is 2. The minimum atomic E-state index is 0.580. The van der Waals surface area contributed by atoms with Gasteiger partial charge in [0.2, 0.25) is 0 Å². The number of hydrogen-bond acceptors (Lipinski definition) is 3. The van der Waals surface area contributed by atoms with Crippen LogP contribution in [-0.2, 0) is 6.42 Å². The molecular weight excluding hydrogens is 224 g/mol. The Balaban J connectivity index is 1.91. The lowest BCUT2D eigenvalue weighted by atomic mass is 9.97. The number of nitrogens with two attached hydrogens (primary N) is 1. The van der Waals surface area contributed by atoms with Crippen LogP contribution in [0.4, 0.5) is 5.82 Å². The van der Waals surface area contributed by atoms with Gasteiger partial charge in [-0.25, -0.2) is 0 Å². The molecule has 94 valence electrons. The second-order valence-corrected chi connectivity index (χ2v) is 5.06. The first-order chi connectivity index (χ1) is 8.84. The van der Waals surface area contributed by atoms with Crippen molar-refractivity contribution >= 4 is 5.82 Å². The smallest absolute Gasteiger partial charge is 0.153 e. The molecule has 3 rings (SSSR count). The first-order valence-electron chi connectivity index (χ1n) is 6.57. The number of anilines is 1. The molecule has 4 nitrogen and oxygen atoms in total. The lowest BCUT2D eigenvalue weighted by Crippen LogP contribution is -2.01. The van der Waals surface area contributed by atoms with Crippen molar-refractivity contribution in [3.63, 3.8) is 0 Å². The van der Waals surface area contributed by atoms with Gasteiger partial charge in [-0.2, -0.15) is 5.10 Å². The highest BCUT2D eigenvalue weighted by molar-refractivity contribution is 5.75. The van der Waals surface area contributed by atoms with Gasteiger partial charge < -0.3 is 5.73 Å². The minimum Gasteiger partial charge on any atom is -0.382 e. The highest BCUT2D eigenvalue weighted by atomic mass is 15.2. The van der Waals surface area contributed by atoms with Crippen molar-refractivity contribution in [1.82, 2.24) is 15.2 Å². The molecule has 0 unspecified atom stereocenters. The summed E-state index contributed by atoms with van der Waals surface area (Å²) in [5, 5.41) is 7.26. The Kier molecular flexibility index (Phi) is 3.00. The van der Waals surface area contributed by atoms with E-state index in [9.17, 15) is 0 Å². The van der Waals surface area contributed by atoms with Gasteiger partial charge in [-0.3, -0.25) is 10.1 Å². The fourth-order valence-electron chi connectivity index (χ4n) is 2.88. The molecule has 3 N–H and O–H groups in total. The van der Waals surface area contributed by atoms with E-state index in [2.05, 4.69) is 15.2 Å². The summed E-state index contributed by atoms with van der Waals surface area (Å²) < 4.78 is 0. The molecule has 0 amide bonds. The molecule has 2 heterocycles. The second-order valence-electron chi connectivity index (χ2n) is 5.06.